The van der Waals surface area contributed by atoms with E-state index in [0.29, 0.717) is 12.5 Å². The molecule has 4 nitrogen and oxygen atoms in total. The topological polar surface area (TPSA) is 44.4 Å². The normalized spacial score (nSPS) is 15.7. The van der Waals surface area contributed by atoms with Crippen molar-refractivity contribution < 1.29 is 4.79 Å². The molecule has 0 aliphatic carbocycles. The number of carbonyl (C=O) groups excluding carboxylic acids is 1. The van der Waals surface area contributed by atoms with E-state index in [1.807, 2.05) is 6.07 Å². The molecule has 1 aliphatic rings. The monoisotopic (exact) mass is 247 g/mol. The van der Waals surface area contributed by atoms with E-state index in [1.54, 1.807) is 0 Å². The first kappa shape index (κ1) is 13.1. The smallest absolute Gasteiger partial charge is 0.228 e. The van der Waals surface area contributed by atoms with Crippen LogP contribution in [0.5, 0.6) is 0 Å². The number of likely N-dealkylation sites (N-methyl/N-ethyl adjacent to an activating group) is 2. The number of hydrogen-bond donors (Lipinski definition) is 2. The highest BCUT2D eigenvalue weighted by molar-refractivity contribution is 5.99. The molecular formula is C14H21N3O. The zero-order valence-electron chi connectivity index (χ0n) is 11.3. The highest BCUT2D eigenvalue weighted by atomic mass is 16.1. The lowest BCUT2D eigenvalue weighted by molar-refractivity contribution is -0.115. The molecule has 0 saturated carbocycles. The predicted octanol–water partition coefficient (Wildman–Crippen LogP) is 1.39. The number of amides is 1. The third kappa shape index (κ3) is 2.71. The minimum atomic E-state index is 0.0928. The average molecular weight is 247 g/mol. The van der Waals surface area contributed by atoms with Crippen LogP contribution in [0, 0.1) is 0 Å². The van der Waals surface area contributed by atoms with Gasteiger partial charge >= 0.3 is 0 Å². The average Bonchev–Trinajstić information content (AvgIpc) is 2.68. The maximum absolute atomic E-state index is 11.4. The number of nitrogens with zero attached hydrogens (tertiary/aromatic N) is 1. The molecule has 1 amide bonds. The Morgan fingerprint density at radius 1 is 1.44 bits per heavy atom. The van der Waals surface area contributed by atoms with Crippen molar-refractivity contribution in [3.05, 3.63) is 29.3 Å². The summed E-state index contributed by atoms with van der Waals surface area (Å²) in [4.78, 5) is 13.6. The van der Waals surface area contributed by atoms with E-state index in [1.165, 1.54) is 5.56 Å². The first-order valence-corrected chi connectivity index (χ1v) is 6.41. The summed E-state index contributed by atoms with van der Waals surface area (Å²) < 4.78 is 0. The van der Waals surface area contributed by atoms with Gasteiger partial charge in [0.05, 0.1) is 6.42 Å². The lowest BCUT2D eigenvalue weighted by Gasteiger charge is -2.25. The number of benzene rings is 1. The van der Waals surface area contributed by atoms with E-state index in [-0.39, 0.29) is 5.91 Å². The number of anilines is 1. The summed E-state index contributed by atoms with van der Waals surface area (Å²) in [6.45, 7) is 4.00. The molecule has 1 aromatic carbocycles. The summed E-state index contributed by atoms with van der Waals surface area (Å²) in [5.74, 6) is 0.0928. The van der Waals surface area contributed by atoms with Crippen LogP contribution >= 0.6 is 0 Å². The predicted molar refractivity (Wildman–Crippen MR) is 73.7 cm³/mol. The van der Waals surface area contributed by atoms with E-state index in [9.17, 15) is 4.79 Å². The Balaban J connectivity index is 2.21. The third-order valence-electron chi connectivity index (χ3n) is 3.35. The van der Waals surface area contributed by atoms with Crippen molar-refractivity contribution in [2.75, 3.05) is 32.5 Å². The van der Waals surface area contributed by atoms with Gasteiger partial charge in [0.15, 0.2) is 0 Å². The Morgan fingerprint density at radius 2 is 2.22 bits per heavy atom. The first-order chi connectivity index (χ1) is 8.61. The van der Waals surface area contributed by atoms with Crippen LogP contribution in [0.3, 0.4) is 0 Å². The molecule has 1 atom stereocenters. The van der Waals surface area contributed by atoms with Gasteiger partial charge in [0.1, 0.15) is 0 Å². The lowest BCUT2D eigenvalue weighted by atomic mass is 10.0. The maximum Gasteiger partial charge on any atom is 0.228 e. The Bertz CT molecular complexity index is 443. The van der Waals surface area contributed by atoms with Crippen LogP contribution in [0.4, 0.5) is 5.69 Å². The maximum atomic E-state index is 11.4. The molecule has 0 saturated heterocycles. The minimum absolute atomic E-state index is 0.0928. The minimum Gasteiger partial charge on any atom is -0.326 e. The van der Waals surface area contributed by atoms with Crippen molar-refractivity contribution in [3.8, 4) is 0 Å². The molecule has 4 heteroatoms. The summed E-state index contributed by atoms with van der Waals surface area (Å²) in [6.07, 6.45) is 0.504. The van der Waals surface area contributed by atoms with Gasteiger partial charge in [-0.1, -0.05) is 19.1 Å². The molecule has 2 N–H and O–H groups in total. The second kappa shape index (κ2) is 5.50. The van der Waals surface area contributed by atoms with Crippen LogP contribution in [0.1, 0.15) is 24.1 Å². The van der Waals surface area contributed by atoms with Gasteiger partial charge in [-0.15, -0.1) is 0 Å². The third-order valence-corrected chi connectivity index (χ3v) is 3.35. The molecule has 0 radical (unpaired) electrons. The molecule has 18 heavy (non-hydrogen) atoms. The van der Waals surface area contributed by atoms with Gasteiger partial charge in [-0.05, 0) is 37.8 Å². The summed E-state index contributed by atoms with van der Waals surface area (Å²) in [6, 6.07) is 6.60. The number of rotatable bonds is 5. The van der Waals surface area contributed by atoms with Gasteiger partial charge in [0.2, 0.25) is 5.91 Å². The Kier molecular flexibility index (Phi) is 3.99. The fourth-order valence-electron chi connectivity index (χ4n) is 2.34. The number of fused-ring (bicyclic) bond motifs is 1. The highest BCUT2D eigenvalue weighted by Crippen LogP contribution is 2.27. The summed E-state index contributed by atoms with van der Waals surface area (Å²) in [5, 5.41) is 6.25. The summed E-state index contributed by atoms with van der Waals surface area (Å²) >= 11 is 0. The molecule has 2 rings (SSSR count). The van der Waals surface area contributed by atoms with Crippen LogP contribution in [-0.2, 0) is 11.2 Å². The van der Waals surface area contributed by atoms with Gasteiger partial charge < -0.3 is 15.5 Å². The molecule has 1 heterocycles. The van der Waals surface area contributed by atoms with E-state index < -0.39 is 0 Å². The largest absolute Gasteiger partial charge is 0.326 e. The van der Waals surface area contributed by atoms with Crippen LogP contribution in [-0.4, -0.2) is 38.0 Å². The first-order valence-electron chi connectivity index (χ1n) is 6.41. The van der Waals surface area contributed by atoms with Crippen LogP contribution in [0.25, 0.3) is 0 Å². The van der Waals surface area contributed by atoms with Crippen molar-refractivity contribution in [1.82, 2.24) is 10.2 Å². The van der Waals surface area contributed by atoms with E-state index in [4.69, 9.17) is 0 Å². The standard InChI is InChI=1S/C14H21N3O/c1-4-15-9-13(17(2)3)10-5-6-12-11(7-10)8-14(18)16-12/h5-7,13,15H,4,8-9H2,1-3H3,(H,16,18). The molecule has 0 aromatic heterocycles. The second-order valence-corrected chi connectivity index (χ2v) is 4.93. The van der Waals surface area contributed by atoms with E-state index in [0.717, 1.165) is 24.3 Å². The number of hydrogen-bond acceptors (Lipinski definition) is 3. The molecule has 1 aliphatic heterocycles. The van der Waals surface area contributed by atoms with Gasteiger partial charge in [-0.25, -0.2) is 0 Å². The highest BCUT2D eigenvalue weighted by Gasteiger charge is 2.20. The van der Waals surface area contributed by atoms with Gasteiger partial charge in [0.25, 0.3) is 0 Å². The molecule has 0 fully saturated rings. The molecule has 0 spiro atoms. The Hall–Kier alpha value is -1.39. The quantitative estimate of drug-likeness (QED) is 0.826. The SMILES string of the molecule is CCNCC(c1ccc2c(c1)CC(=O)N2)N(C)C. The number of nitrogens with one attached hydrogen (secondary N) is 2. The molecule has 0 bridgehead atoms. The zero-order chi connectivity index (χ0) is 13.1. The molecule has 1 aromatic rings. The van der Waals surface area contributed by atoms with Gasteiger partial charge in [-0.3, -0.25) is 4.79 Å². The van der Waals surface area contributed by atoms with Crippen molar-refractivity contribution >= 4 is 11.6 Å². The number of carbonyl (C=O) groups is 1. The summed E-state index contributed by atoms with van der Waals surface area (Å²) in [5.41, 5.74) is 3.33. The second-order valence-electron chi connectivity index (χ2n) is 4.93. The molecule has 98 valence electrons. The fourth-order valence-corrected chi connectivity index (χ4v) is 2.34. The zero-order valence-corrected chi connectivity index (χ0v) is 11.3. The van der Waals surface area contributed by atoms with Crippen LogP contribution < -0.4 is 10.6 Å². The molecular weight excluding hydrogens is 226 g/mol. The summed E-state index contributed by atoms with van der Waals surface area (Å²) in [7, 11) is 4.16. The van der Waals surface area contributed by atoms with Crippen molar-refractivity contribution in [2.24, 2.45) is 0 Å². The molecule has 1 unspecified atom stereocenters. The van der Waals surface area contributed by atoms with Crippen LogP contribution in [0.2, 0.25) is 0 Å². The fraction of sp³-hybridized carbons (Fsp3) is 0.500. The van der Waals surface area contributed by atoms with E-state index in [2.05, 4.69) is 48.7 Å². The van der Waals surface area contributed by atoms with Gasteiger partial charge in [-0.2, -0.15) is 0 Å². The van der Waals surface area contributed by atoms with Crippen molar-refractivity contribution in [2.45, 2.75) is 19.4 Å². The Labute approximate surface area is 108 Å². The van der Waals surface area contributed by atoms with E-state index >= 15 is 0 Å². The van der Waals surface area contributed by atoms with Crippen LogP contribution in [0.15, 0.2) is 18.2 Å². The van der Waals surface area contributed by atoms with Crippen molar-refractivity contribution in [1.29, 1.82) is 0 Å². The lowest BCUT2D eigenvalue weighted by Crippen LogP contribution is -2.30. The van der Waals surface area contributed by atoms with Crippen molar-refractivity contribution in [3.63, 3.8) is 0 Å². The Morgan fingerprint density at radius 3 is 2.89 bits per heavy atom. The van der Waals surface area contributed by atoms with Gasteiger partial charge in [0, 0.05) is 18.3 Å².